The molecule has 0 atom stereocenters. The molecule has 0 heterocycles. The van der Waals surface area contributed by atoms with Gasteiger partial charge in [-0.1, -0.05) is 67.9 Å². The fourth-order valence-corrected chi connectivity index (χ4v) is 7.78. The number of hydrogen-bond acceptors (Lipinski definition) is 1. The van der Waals surface area contributed by atoms with Crippen LogP contribution in [0.15, 0.2) is 91.0 Å². The molecule has 3 aromatic carbocycles. The number of carbonyl (C=O) groups is 1. The normalized spacial score (nSPS) is 10.6. The van der Waals surface area contributed by atoms with Crippen molar-refractivity contribution in [2.75, 3.05) is 6.16 Å². The Bertz CT molecular complexity index is 704. The smallest absolute Gasteiger partial charge is 0.450 e. The average molecular weight is 381 g/mol. The standard InChI is InChI=1S/C22H24P.CH2O3/c1-2-3-19-23(20-13-7-4-8-14-20,21-15-9-5-10-16-21)22-17-11-6-12-18-22;2-1(3)4/h4-18H,2-3,19H2,1H3;(H2,2,3,4)/q+1;. The lowest BCUT2D eigenvalue weighted by atomic mass is 10.3. The van der Waals surface area contributed by atoms with Crippen LogP contribution < -0.4 is 15.9 Å². The van der Waals surface area contributed by atoms with E-state index in [1.807, 2.05) is 0 Å². The summed E-state index contributed by atoms with van der Waals surface area (Å²) in [5.41, 5.74) is 0. The lowest BCUT2D eigenvalue weighted by Gasteiger charge is -2.27. The first-order valence-electron chi connectivity index (χ1n) is 9.08. The molecule has 0 spiro atoms. The molecule has 0 saturated carbocycles. The summed E-state index contributed by atoms with van der Waals surface area (Å²) in [6, 6.07) is 33.4. The maximum Gasteiger partial charge on any atom is 0.503 e. The molecule has 4 heteroatoms. The van der Waals surface area contributed by atoms with Crippen molar-refractivity contribution in [1.82, 2.24) is 0 Å². The van der Waals surface area contributed by atoms with Gasteiger partial charge in [0.2, 0.25) is 0 Å². The van der Waals surface area contributed by atoms with Gasteiger partial charge in [-0.25, -0.2) is 4.79 Å². The highest BCUT2D eigenvalue weighted by Gasteiger charge is 2.44. The summed E-state index contributed by atoms with van der Waals surface area (Å²) in [4.78, 5) is 8.56. The quantitative estimate of drug-likeness (QED) is 0.591. The Kier molecular flexibility index (Phi) is 8.03. The van der Waals surface area contributed by atoms with Crippen molar-refractivity contribution >= 4 is 29.3 Å². The predicted molar refractivity (Wildman–Crippen MR) is 116 cm³/mol. The molecule has 0 bridgehead atoms. The molecular formula is C23H26O3P+. The molecule has 140 valence electrons. The molecule has 3 nitrogen and oxygen atoms in total. The Morgan fingerprint density at radius 1 is 0.704 bits per heavy atom. The minimum atomic E-state index is -1.83. The summed E-state index contributed by atoms with van der Waals surface area (Å²) in [5, 5.41) is 18.4. The zero-order valence-electron chi connectivity index (χ0n) is 15.5. The summed E-state index contributed by atoms with van der Waals surface area (Å²) in [6.45, 7) is 2.29. The van der Waals surface area contributed by atoms with Crippen LogP contribution in [0.3, 0.4) is 0 Å². The molecule has 3 aromatic rings. The highest BCUT2D eigenvalue weighted by Crippen LogP contribution is 2.55. The van der Waals surface area contributed by atoms with E-state index in [0.29, 0.717) is 0 Å². The molecule has 0 fully saturated rings. The maximum absolute atomic E-state index is 8.56. The van der Waals surface area contributed by atoms with Gasteiger partial charge < -0.3 is 10.2 Å². The summed E-state index contributed by atoms with van der Waals surface area (Å²) in [6.07, 6.45) is 1.89. The number of hydrogen-bond donors (Lipinski definition) is 2. The number of benzene rings is 3. The molecule has 3 rings (SSSR count). The minimum Gasteiger partial charge on any atom is -0.450 e. The van der Waals surface area contributed by atoms with Crippen molar-refractivity contribution in [3.63, 3.8) is 0 Å². The van der Waals surface area contributed by atoms with Gasteiger partial charge in [-0.2, -0.15) is 0 Å². The molecule has 0 aliphatic rings. The van der Waals surface area contributed by atoms with Crippen LogP contribution in [-0.2, 0) is 0 Å². The van der Waals surface area contributed by atoms with Gasteiger partial charge in [0.15, 0.2) is 0 Å². The molecule has 27 heavy (non-hydrogen) atoms. The average Bonchev–Trinajstić information content (AvgIpc) is 2.71. The molecular weight excluding hydrogens is 355 g/mol. The molecule has 0 radical (unpaired) electrons. The minimum absolute atomic E-state index is 1.23. The Labute approximate surface area is 161 Å². The lowest BCUT2D eigenvalue weighted by molar-refractivity contribution is 0.137. The van der Waals surface area contributed by atoms with Crippen LogP contribution in [0.5, 0.6) is 0 Å². The third-order valence-electron chi connectivity index (χ3n) is 4.44. The van der Waals surface area contributed by atoms with E-state index in [0.717, 1.165) is 0 Å². The Hall–Kier alpha value is -2.64. The third kappa shape index (κ3) is 5.42. The van der Waals surface area contributed by atoms with Gasteiger partial charge in [-0.05, 0) is 42.8 Å². The molecule has 0 saturated heterocycles. The van der Waals surface area contributed by atoms with Crippen LogP contribution in [0, 0.1) is 0 Å². The van der Waals surface area contributed by atoms with E-state index in [9.17, 15) is 0 Å². The van der Waals surface area contributed by atoms with Gasteiger partial charge in [-0.15, -0.1) is 0 Å². The van der Waals surface area contributed by atoms with Crippen molar-refractivity contribution in [2.45, 2.75) is 19.8 Å². The van der Waals surface area contributed by atoms with Gasteiger partial charge in [-0.3, -0.25) is 0 Å². The Morgan fingerprint density at radius 2 is 1.00 bits per heavy atom. The summed E-state index contributed by atoms with van der Waals surface area (Å²) in [7, 11) is -1.57. The van der Waals surface area contributed by atoms with E-state index < -0.39 is 13.4 Å². The molecule has 0 aliphatic carbocycles. The van der Waals surface area contributed by atoms with Crippen LogP contribution in [-0.4, -0.2) is 22.5 Å². The van der Waals surface area contributed by atoms with Crippen molar-refractivity contribution in [2.24, 2.45) is 0 Å². The number of carboxylic acid groups (broad SMARTS) is 2. The Morgan fingerprint density at radius 3 is 1.26 bits per heavy atom. The van der Waals surface area contributed by atoms with Crippen LogP contribution in [0.2, 0.25) is 0 Å². The zero-order chi connectivity index (χ0) is 19.5. The summed E-state index contributed by atoms with van der Waals surface area (Å²) in [5.74, 6) is 0. The van der Waals surface area contributed by atoms with Crippen molar-refractivity contribution in [3.8, 4) is 0 Å². The first-order valence-corrected chi connectivity index (χ1v) is 11.1. The van der Waals surface area contributed by atoms with Gasteiger partial charge in [0.05, 0.1) is 6.16 Å². The van der Waals surface area contributed by atoms with Crippen LogP contribution in [0.1, 0.15) is 19.8 Å². The second-order valence-electron chi connectivity index (χ2n) is 6.18. The SMILES string of the molecule is CCCC[P+](c1ccccc1)(c1ccccc1)c1ccccc1.O=C(O)O. The van der Waals surface area contributed by atoms with E-state index in [1.54, 1.807) is 0 Å². The van der Waals surface area contributed by atoms with Gasteiger partial charge in [0.1, 0.15) is 23.2 Å². The highest BCUT2D eigenvalue weighted by atomic mass is 31.2. The Balaban J connectivity index is 0.000000596. The monoisotopic (exact) mass is 381 g/mol. The van der Waals surface area contributed by atoms with E-state index in [4.69, 9.17) is 15.0 Å². The molecule has 0 unspecified atom stereocenters. The lowest BCUT2D eigenvalue weighted by Crippen LogP contribution is -2.33. The van der Waals surface area contributed by atoms with Crippen LogP contribution >= 0.6 is 7.26 Å². The molecule has 0 aromatic heterocycles. The van der Waals surface area contributed by atoms with E-state index in [2.05, 4.69) is 97.9 Å². The number of rotatable bonds is 6. The van der Waals surface area contributed by atoms with Crippen molar-refractivity contribution in [3.05, 3.63) is 91.0 Å². The van der Waals surface area contributed by atoms with Crippen molar-refractivity contribution < 1.29 is 15.0 Å². The highest BCUT2D eigenvalue weighted by molar-refractivity contribution is 7.95. The first-order chi connectivity index (χ1) is 13.1. The van der Waals surface area contributed by atoms with E-state index >= 15 is 0 Å². The van der Waals surface area contributed by atoms with Crippen LogP contribution in [0.4, 0.5) is 4.79 Å². The van der Waals surface area contributed by atoms with E-state index in [-0.39, 0.29) is 0 Å². The third-order valence-corrected chi connectivity index (χ3v) is 8.96. The fraction of sp³-hybridized carbons (Fsp3) is 0.174. The maximum atomic E-state index is 8.56. The van der Waals surface area contributed by atoms with E-state index in [1.165, 1.54) is 34.9 Å². The number of unbranched alkanes of at least 4 members (excludes halogenated alkanes) is 1. The second kappa shape index (κ2) is 10.5. The second-order valence-corrected chi connectivity index (χ2v) is 9.79. The molecule has 0 aliphatic heterocycles. The van der Waals surface area contributed by atoms with Crippen molar-refractivity contribution in [1.29, 1.82) is 0 Å². The van der Waals surface area contributed by atoms with Gasteiger partial charge >= 0.3 is 6.16 Å². The summed E-state index contributed by atoms with van der Waals surface area (Å²) >= 11 is 0. The zero-order valence-corrected chi connectivity index (χ0v) is 16.4. The van der Waals surface area contributed by atoms with Crippen LogP contribution in [0.25, 0.3) is 0 Å². The first kappa shape index (κ1) is 20.7. The molecule has 0 amide bonds. The summed E-state index contributed by atoms with van der Waals surface area (Å²) < 4.78 is 0. The molecule has 2 N–H and O–H groups in total. The topological polar surface area (TPSA) is 57.5 Å². The fourth-order valence-electron chi connectivity index (χ4n) is 3.28. The van der Waals surface area contributed by atoms with Gasteiger partial charge in [0, 0.05) is 0 Å². The largest absolute Gasteiger partial charge is 0.503 e. The predicted octanol–water partition coefficient (Wildman–Crippen LogP) is 5.00. The van der Waals surface area contributed by atoms with Gasteiger partial charge in [0.25, 0.3) is 0 Å².